The predicted molar refractivity (Wildman–Crippen MR) is 126 cm³/mol. The smallest absolute Gasteiger partial charge is 0.290 e. The molecule has 0 atom stereocenters. The van der Waals surface area contributed by atoms with Gasteiger partial charge in [0.05, 0.1) is 17.6 Å². The largest absolute Gasteiger partial charge is 0.494 e. The van der Waals surface area contributed by atoms with Gasteiger partial charge in [-0.3, -0.25) is 9.59 Å². The third kappa shape index (κ3) is 4.17. The van der Waals surface area contributed by atoms with Crippen LogP contribution < -0.4 is 10.1 Å². The van der Waals surface area contributed by atoms with Crippen LogP contribution in [0.4, 0.5) is 5.69 Å². The Labute approximate surface area is 191 Å². The molecule has 1 aliphatic heterocycles. The molecule has 7 nitrogen and oxygen atoms in total. The fourth-order valence-electron chi connectivity index (χ4n) is 4.08. The molecule has 0 fully saturated rings. The molecule has 0 saturated carbocycles. The average molecular weight is 441 g/mol. The van der Waals surface area contributed by atoms with Crippen molar-refractivity contribution < 1.29 is 14.3 Å². The summed E-state index contributed by atoms with van der Waals surface area (Å²) in [5, 5.41) is 2.89. The summed E-state index contributed by atoms with van der Waals surface area (Å²) in [6.45, 7) is 4.35. The van der Waals surface area contributed by atoms with Crippen molar-refractivity contribution in [3.05, 3.63) is 89.7 Å². The van der Waals surface area contributed by atoms with E-state index in [-0.39, 0.29) is 11.8 Å². The molecule has 0 spiro atoms. The quantitative estimate of drug-likeness (QED) is 0.484. The number of amides is 2. The summed E-state index contributed by atoms with van der Waals surface area (Å²) in [7, 11) is 0. The zero-order chi connectivity index (χ0) is 22.8. The summed E-state index contributed by atoms with van der Waals surface area (Å²) in [5.74, 6) is 0.841. The van der Waals surface area contributed by atoms with Crippen molar-refractivity contribution >= 4 is 28.5 Å². The molecule has 33 heavy (non-hydrogen) atoms. The maximum atomic E-state index is 13.1. The normalized spacial score (nSPS) is 13.1. The number of rotatable bonds is 6. The number of nitrogens with one attached hydrogen (secondary N) is 1. The molecule has 3 aromatic carbocycles. The van der Waals surface area contributed by atoms with Gasteiger partial charge in [-0.05, 0) is 55.0 Å². The number of fused-ring (bicyclic) bond motifs is 3. The lowest BCUT2D eigenvalue weighted by molar-refractivity contribution is 0.0685. The minimum Gasteiger partial charge on any atom is -0.494 e. The first-order valence-corrected chi connectivity index (χ1v) is 11.0. The van der Waals surface area contributed by atoms with E-state index in [2.05, 4.69) is 10.3 Å². The molecular weight excluding hydrogens is 416 g/mol. The Morgan fingerprint density at radius 1 is 1.03 bits per heavy atom. The molecule has 5 rings (SSSR count). The highest BCUT2D eigenvalue weighted by atomic mass is 16.5. The van der Waals surface area contributed by atoms with E-state index in [1.54, 1.807) is 24.3 Å². The molecule has 4 aromatic rings. The number of nitrogens with zero attached hydrogens (tertiary/aromatic N) is 3. The Morgan fingerprint density at radius 3 is 2.58 bits per heavy atom. The molecule has 2 heterocycles. The second-order valence-corrected chi connectivity index (χ2v) is 7.91. The molecular formula is C26H24N4O3. The fourth-order valence-corrected chi connectivity index (χ4v) is 4.08. The highest BCUT2D eigenvalue weighted by molar-refractivity contribution is 6.06. The fraction of sp³-hybridized carbons (Fsp3) is 0.192. The summed E-state index contributed by atoms with van der Waals surface area (Å²) in [6, 6.07) is 22.5. The van der Waals surface area contributed by atoms with Gasteiger partial charge in [0.15, 0.2) is 5.82 Å². The number of aromatic nitrogens is 2. The van der Waals surface area contributed by atoms with E-state index >= 15 is 0 Å². The topological polar surface area (TPSA) is 76.5 Å². The van der Waals surface area contributed by atoms with Gasteiger partial charge in [-0.25, -0.2) is 4.98 Å². The van der Waals surface area contributed by atoms with Crippen LogP contribution in [-0.4, -0.2) is 39.4 Å². The minimum atomic E-state index is -0.232. The number of imidazole rings is 1. The molecule has 2 amide bonds. The van der Waals surface area contributed by atoms with Crippen LogP contribution in [0.1, 0.15) is 33.5 Å². The summed E-state index contributed by atoms with van der Waals surface area (Å²) in [4.78, 5) is 32.3. The second-order valence-electron chi connectivity index (χ2n) is 7.91. The Hall–Kier alpha value is -4.13. The lowest BCUT2D eigenvalue weighted by Gasteiger charge is -2.27. The van der Waals surface area contributed by atoms with Crippen LogP contribution in [0.15, 0.2) is 72.8 Å². The lowest BCUT2D eigenvalue weighted by Crippen LogP contribution is -2.39. The van der Waals surface area contributed by atoms with Crippen LogP contribution in [0, 0.1) is 0 Å². The van der Waals surface area contributed by atoms with E-state index in [0.29, 0.717) is 48.8 Å². The Balaban J connectivity index is 1.35. The maximum absolute atomic E-state index is 13.1. The van der Waals surface area contributed by atoms with Crippen LogP contribution in [0.2, 0.25) is 0 Å². The standard InChI is InChI=1S/C26H24N4O3/c1-2-33-21-11-9-20(10-12-21)27-25(31)19-8-13-23-22(16-19)28-24-26(32)29(14-15-30(23)24)17-18-6-4-3-5-7-18/h3-13,16H,2,14-15,17H2,1H3,(H,27,31). The first kappa shape index (κ1) is 20.8. The predicted octanol–water partition coefficient (Wildman–Crippen LogP) is 4.34. The van der Waals surface area contributed by atoms with Gasteiger partial charge in [-0.1, -0.05) is 30.3 Å². The summed E-state index contributed by atoms with van der Waals surface area (Å²) >= 11 is 0. The van der Waals surface area contributed by atoms with Crippen molar-refractivity contribution in [2.75, 3.05) is 18.5 Å². The van der Waals surface area contributed by atoms with Crippen molar-refractivity contribution in [3.63, 3.8) is 0 Å². The molecule has 0 bridgehead atoms. The van der Waals surface area contributed by atoms with Crippen LogP contribution in [0.5, 0.6) is 5.75 Å². The van der Waals surface area contributed by atoms with E-state index < -0.39 is 0 Å². The molecule has 0 saturated heterocycles. The van der Waals surface area contributed by atoms with Crippen LogP contribution in [0.25, 0.3) is 11.0 Å². The zero-order valence-corrected chi connectivity index (χ0v) is 18.3. The number of hydrogen-bond acceptors (Lipinski definition) is 4. The van der Waals surface area contributed by atoms with Crippen molar-refractivity contribution in [1.82, 2.24) is 14.5 Å². The number of ether oxygens (including phenoxy) is 1. The molecule has 0 unspecified atom stereocenters. The highest BCUT2D eigenvalue weighted by Crippen LogP contribution is 2.24. The number of hydrogen-bond donors (Lipinski definition) is 1. The number of anilines is 1. The summed E-state index contributed by atoms with van der Waals surface area (Å²) in [6.07, 6.45) is 0. The molecule has 7 heteroatoms. The van der Waals surface area contributed by atoms with Crippen LogP contribution in [-0.2, 0) is 13.1 Å². The van der Waals surface area contributed by atoms with Crippen LogP contribution >= 0.6 is 0 Å². The van der Waals surface area contributed by atoms with Gasteiger partial charge in [0.1, 0.15) is 5.75 Å². The monoisotopic (exact) mass is 440 g/mol. The molecule has 1 N–H and O–H groups in total. The molecule has 166 valence electrons. The molecule has 1 aliphatic rings. The van der Waals surface area contributed by atoms with Gasteiger partial charge in [0.2, 0.25) is 0 Å². The van der Waals surface area contributed by atoms with E-state index in [4.69, 9.17) is 4.74 Å². The Morgan fingerprint density at radius 2 is 1.82 bits per heavy atom. The Kier molecular flexibility index (Phi) is 5.52. The third-order valence-corrected chi connectivity index (χ3v) is 5.72. The van der Waals surface area contributed by atoms with Gasteiger partial charge < -0.3 is 19.5 Å². The van der Waals surface area contributed by atoms with Crippen molar-refractivity contribution in [3.8, 4) is 5.75 Å². The molecule has 0 radical (unpaired) electrons. The minimum absolute atomic E-state index is 0.0957. The van der Waals surface area contributed by atoms with Gasteiger partial charge in [0, 0.05) is 30.9 Å². The molecule has 1 aromatic heterocycles. The van der Waals surface area contributed by atoms with Crippen molar-refractivity contribution in [1.29, 1.82) is 0 Å². The van der Waals surface area contributed by atoms with Crippen molar-refractivity contribution in [2.24, 2.45) is 0 Å². The number of benzene rings is 3. The first-order chi connectivity index (χ1) is 16.1. The second kappa shape index (κ2) is 8.78. The van der Waals surface area contributed by atoms with Gasteiger partial charge >= 0.3 is 0 Å². The van der Waals surface area contributed by atoms with Gasteiger partial charge in [0.25, 0.3) is 11.8 Å². The summed E-state index contributed by atoms with van der Waals surface area (Å²) < 4.78 is 7.37. The van der Waals surface area contributed by atoms with E-state index in [1.807, 2.05) is 64.9 Å². The average Bonchev–Trinajstić information content (AvgIpc) is 3.22. The van der Waals surface area contributed by atoms with Gasteiger partial charge in [-0.2, -0.15) is 0 Å². The number of carbonyl (C=O) groups is 2. The third-order valence-electron chi connectivity index (χ3n) is 5.72. The summed E-state index contributed by atoms with van der Waals surface area (Å²) in [5.41, 5.74) is 3.75. The van der Waals surface area contributed by atoms with E-state index in [0.717, 1.165) is 16.8 Å². The van der Waals surface area contributed by atoms with E-state index in [1.165, 1.54) is 0 Å². The van der Waals surface area contributed by atoms with Crippen molar-refractivity contribution in [2.45, 2.75) is 20.0 Å². The van der Waals surface area contributed by atoms with Crippen LogP contribution in [0.3, 0.4) is 0 Å². The maximum Gasteiger partial charge on any atom is 0.290 e. The Bertz CT molecular complexity index is 1310. The highest BCUT2D eigenvalue weighted by Gasteiger charge is 2.28. The lowest BCUT2D eigenvalue weighted by atomic mass is 10.1. The van der Waals surface area contributed by atoms with E-state index in [9.17, 15) is 9.59 Å². The zero-order valence-electron chi connectivity index (χ0n) is 18.3. The SMILES string of the molecule is CCOc1ccc(NC(=O)c2ccc3c(c2)nc2n3CCN(Cc3ccccc3)C2=O)cc1. The number of carbonyl (C=O) groups excluding carboxylic acids is 2. The van der Waals surface area contributed by atoms with Gasteiger partial charge in [-0.15, -0.1) is 0 Å². The first-order valence-electron chi connectivity index (χ1n) is 11.0. The molecule has 0 aliphatic carbocycles.